The molecule has 0 unspecified atom stereocenters. The summed E-state index contributed by atoms with van der Waals surface area (Å²) in [5.74, 6) is 0.0980. The van der Waals surface area contributed by atoms with Gasteiger partial charge in [0.2, 0.25) is 5.91 Å². The first-order valence-electron chi connectivity index (χ1n) is 5.81. The smallest absolute Gasteiger partial charge is 0.226 e. The standard InChI is InChI=1S/C15H19NO/c1-4-15(17)16(5-2)12-13(3)11-14-9-7-6-8-10-14/h5-11H,2,4,12H2,1,3H3/b13-11-. The Hall–Kier alpha value is -1.83. The van der Waals surface area contributed by atoms with E-state index in [0.717, 1.165) is 11.1 Å². The first-order chi connectivity index (χ1) is 8.17. The minimum atomic E-state index is 0.0980. The Kier molecular flexibility index (Phi) is 5.21. The van der Waals surface area contributed by atoms with Gasteiger partial charge >= 0.3 is 0 Å². The summed E-state index contributed by atoms with van der Waals surface area (Å²) in [6.45, 7) is 8.15. The van der Waals surface area contributed by atoms with Gasteiger partial charge in [-0.3, -0.25) is 4.79 Å². The van der Waals surface area contributed by atoms with Crippen LogP contribution in [0.3, 0.4) is 0 Å². The molecule has 2 nitrogen and oxygen atoms in total. The van der Waals surface area contributed by atoms with Crippen molar-refractivity contribution in [1.82, 2.24) is 4.90 Å². The van der Waals surface area contributed by atoms with Crippen molar-refractivity contribution in [2.24, 2.45) is 0 Å². The first-order valence-corrected chi connectivity index (χ1v) is 5.81. The van der Waals surface area contributed by atoms with Crippen molar-refractivity contribution in [2.75, 3.05) is 6.54 Å². The number of nitrogens with zero attached hydrogens (tertiary/aromatic N) is 1. The molecule has 0 bridgehead atoms. The molecule has 1 aromatic rings. The predicted octanol–water partition coefficient (Wildman–Crippen LogP) is 3.47. The molecule has 0 saturated carbocycles. The molecule has 0 saturated heterocycles. The Morgan fingerprint density at radius 2 is 2.00 bits per heavy atom. The maximum Gasteiger partial charge on any atom is 0.226 e. The molecule has 0 aliphatic rings. The van der Waals surface area contributed by atoms with E-state index < -0.39 is 0 Å². The van der Waals surface area contributed by atoms with Crippen molar-refractivity contribution in [2.45, 2.75) is 20.3 Å². The molecule has 2 heteroatoms. The second kappa shape index (κ2) is 6.69. The fourth-order valence-corrected chi connectivity index (χ4v) is 1.61. The van der Waals surface area contributed by atoms with Crippen molar-refractivity contribution < 1.29 is 4.79 Å². The van der Waals surface area contributed by atoms with Gasteiger partial charge in [-0.1, -0.05) is 55.5 Å². The highest BCUT2D eigenvalue weighted by Gasteiger charge is 2.07. The van der Waals surface area contributed by atoms with Crippen LogP contribution >= 0.6 is 0 Å². The molecular formula is C15H19NO. The van der Waals surface area contributed by atoms with Crippen LogP contribution in [0.15, 0.2) is 48.7 Å². The molecule has 17 heavy (non-hydrogen) atoms. The molecule has 0 aliphatic heterocycles. The number of hydrogen-bond donors (Lipinski definition) is 0. The van der Waals surface area contributed by atoms with Crippen LogP contribution in [0.5, 0.6) is 0 Å². The highest BCUT2D eigenvalue weighted by Crippen LogP contribution is 2.08. The summed E-state index contributed by atoms with van der Waals surface area (Å²) >= 11 is 0. The van der Waals surface area contributed by atoms with Gasteiger partial charge in [0.05, 0.1) is 0 Å². The van der Waals surface area contributed by atoms with Crippen molar-refractivity contribution >= 4 is 12.0 Å². The lowest BCUT2D eigenvalue weighted by Gasteiger charge is -2.17. The van der Waals surface area contributed by atoms with Crippen LogP contribution in [0.4, 0.5) is 0 Å². The minimum absolute atomic E-state index is 0.0980. The van der Waals surface area contributed by atoms with Crippen LogP contribution in [0.1, 0.15) is 25.8 Å². The van der Waals surface area contributed by atoms with Gasteiger partial charge < -0.3 is 4.90 Å². The van der Waals surface area contributed by atoms with Gasteiger partial charge in [-0.2, -0.15) is 0 Å². The summed E-state index contributed by atoms with van der Waals surface area (Å²) in [5.41, 5.74) is 2.29. The zero-order chi connectivity index (χ0) is 12.7. The van der Waals surface area contributed by atoms with E-state index in [0.29, 0.717) is 13.0 Å². The van der Waals surface area contributed by atoms with Crippen LogP contribution in [-0.2, 0) is 4.79 Å². The van der Waals surface area contributed by atoms with Crippen LogP contribution in [0.2, 0.25) is 0 Å². The van der Waals surface area contributed by atoms with Gasteiger partial charge in [0, 0.05) is 13.0 Å². The molecule has 1 rings (SSSR count). The van der Waals surface area contributed by atoms with Gasteiger partial charge in [-0.25, -0.2) is 0 Å². The topological polar surface area (TPSA) is 20.3 Å². The lowest BCUT2D eigenvalue weighted by Crippen LogP contribution is -2.26. The average molecular weight is 229 g/mol. The average Bonchev–Trinajstić information content (AvgIpc) is 2.36. The third-order valence-electron chi connectivity index (χ3n) is 2.48. The van der Waals surface area contributed by atoms with Crippen molar-refractivity contribution in [3.05, 3.63) is 54.2 Å². The van der Waals surface area contributed by atoms with Crippen LogP contribution in [-0.4, -0.2) is 17.4 Å². The number of carbonyl (C=O) groups excluding carboxylic acids is 1. The molecule has 0 radical (unpaired) electrons. The minimum Gasteiger partial charge on any atom is -0.316 e. The molecule has 1 amide bonds. The van der Waals surface area contributed by atoms with Gasteiger partial charge in [0.1, 0.15) is 0 Å². The lowest BCUT2D eigenvalue weighted by molar-refractivity contribution is -0.127. The fourth-order valence-electron chi connectivity index (χ4n) is 1.61. The zero-order valence-electron chi connectivity index (χ0n) is 10.5. The Morgan fingerprint density at radius 1 is 1.35 bits per heavy atom. The molecule has 1 aromatic carbocycles. The van der Waals surface area contributed by atoms with E-state index in [2.05, 4.69) is 12.7 Å². The van der Waals surface area contributed by atoms with Gasteiger partial charge in [-0.05, 0) is 18.7 Å². The number of hydrogen-bond acceptors (Lipinski definition) is 1. The van der Waals surface area contributed by atoms with E-state index in [1.165, 1.54) is 0 Å². The van der Waals surface area contributed by atoms with E-state index in [4.69, 9.17) is 0 Å². The molecule has 90 valence electrons. The van der Waals surface area contributed by atoms with Crippen LogP contribution in [0.25, 0.3) is 6.08 Å². The van der Waals surface area contributed by atoms with Crippen molar-refractivity contribution in [3.8, 4) is 0 Å². The predicted molar refractivity (Wildman–Crippen MR) is 72.3 cm³/mol. The summed E-state index contributed by atoms with van der Waals surface area (Å²) in [6.07, 6.45) is 4.18. The van der Waals surface area contributed by atoms with E-state index >= 15 is 0 Å². The number of rotatable bonds is 5. The van der Waals surface area contributed by atoms with E-state index in [9.17, 15) is 4.79 Å². The maximum atomic E-state index is 11.6. The Labute approximate surface area is 103 Å². The quantitative estimate of drug-likeness (QED) is 0.757. The molecular weight excluding hydrogens is 210 g/mol. The Morgan fingerprint density at radius 3 is 2.53 bits per heavy atom. The normalized spacial score (nSPS) is 11.1. The first kappa shape index (κ1) is 13.2. The monoisotopic (exact) mass is 229 g/mol. The number of amides is 1. The maximum absolute atomic E-state index is 11.6. The Balaban J connectivity index is 2.71. The lowest BCUT2D eigenvalue weighted by atomic mass is 10.1. The third kappa shape index (κ3) is 4.27. The SMILES string of the molecule is C=CN(C/C(C)=C\c1ccccc1)C(=O)CC. The molecule has 0 atom stereocenters. The van der Waals surface area contributed by atoms with E-state index in [-0.39, 0.29) is 5.91 Å². The van der Waals surface area contributed by atoms with Gasteiger partial charge in [0.25, 0.3) is 0 Å². The summed E-state index contributed by atoms with van der Waals surface area (Å²) in [7, 11) is 0. The van der Waals surface area contributed by atoms with Crippen molar-refractivity contribution in [1.29, 1.82) is 0 Å². The van der Waals surface area contributed by atoms with Crippen LogP contribution in [0, 0.1) is 0 Å². The zero-order valence-corrected chi connectivity index (χ0v) is 10.5. The van der Waals surface area contributed by atoms with Gasteiger partial charge in [-0.15, -0.1) is 0 Å². The second-order valence-electron chi connectivity index (χ2n) is 3.96. The van der Waals surface area contributed by atoms with E-state index in [1.807, 2.05) is 44.2 Å². The largest absolute Gasteiger partial charge is 0.316 e. The summed E-state index contributed by atoms with van der Waals surface area (Å²) in [5, 5.41) is 0. The molecule has 0 heterocycles. The summed E-state index contributed by atoms with van der Waals surface area (Å²) in [4.78, 5) is 13.2. The second-order valence-corrected chi connectivity index (χ2v) is 3.96. The molecule has 0 spiro atoms. The number of benzene rings is 1. The van der Waals surface area contributed by atoms with Gasteiger partial charge in [0.15, 0.2) is 0 Å². The molecule has 0 aromatic heterocycles. The summed E-state index contributed by atoms with van der Waals surface area (Å²) in [6, 6.07) is 10.1. The Bertz CT molecular complexity index is 406. The summed E-state index contributed by atoms with van der Waals surface area (Å²) < 4.78 is 0. The fraction of sp³-hybridized carbons (Fsp3) is 0.267. The third-order valence-corrected chi connectivity index (χ3v) is 2.48. The highest BCUT2D eigenvalue weighted by atomic mass is 16.2. The molecule has 0 N–H and O–H groups in total. The van der Waals surface area contributed by atoms with E-state index in [1.54, 1.807) is 11.1 Å². The molecule has 0 aliphatic carbocycles. The van der Waals surface area contributed by atoms with Crippen LogP contribution < -0.4 is 0 Å². The highest BCUT2D eigenvalue weighted by molar-refractivity contribution is 5.77. The number of carbonyl (C=O) groups is 1. The van der Waals surface area contributed by atoms with Crippen molar-refractivity contribution in [3.63, 3.8) is 0 Å². The molecule has 0 fully saturated rings.